The van der Waals surface area contributed by atoms with Gasteiger partial charge in [0.25, 0.3) is 0 Å². The monoisotopic (exact) mass is 495 g/mol. The number of ether oxygens (including phenoxy) is 3. The Morgan fingerprint density at radius 1 is 1.00 bits per heavy atom. The fourth-order valence-electron chi connectivity index (χ4n) is 4.76. The molecular weight excluding hydrogens is 462 g/mol. The van der Waals surface area contributed by atoms with Gasteiger partial charge in [-0.25, -0.2) is 4.98 Å². The van der Waals surface area contributed by atoms with Gasteiger partial charge in [-0.2, -0.15) is 0 Å². The Bertz CT molecular complexity index is 1380. The Kier molecular flexibility index (Phi) is 7.57. The van der Waals surface area contributed by atoms with Crippen LogP contribution in [0.15, 0.2) is 79.1 Å². The van der Waals surface area contributed by atoms with Gasteiger partial charge in [0.2, 0.25) is 0 Å². The lowest BCUT2D eigenvalue weighted by Gasteiger charge is -2.26. The van der Waals surface area contributed by atoms with Crippen LogP contribution in [-0.4, -0.2) is 30.3 Å². The second kappa shape index (κ2) is 11.4. The fraction of sp³-hybridized carbons (Fsp3) is 0.258. The summed E-state index contributed by atoms with van der Waals surface area (Å²) in [6.45, 7) is 4.13. The van der Waals surface area contributed by atoms with E-state index >= 15 is 0 Å². The van der Waals surface area contributed by atoms with E-state index < -0.39 is 0 Å². The number of methoxy groups -OCH3 is 2. The van der Waals surface area contributed by atoms with Crippen LogP contribution in [0.25, 0.3) is 6.08 Å². The minimum Gasteiger partial charge on any atom is -0.496 e. The van der Waals surface area contributed by atoms with Gasteiger partial charge in [-0.1, -0.05) is 48.6 Å². The third-order valence-electron chi connectivity index (χ3n) is 6.81. The van der Waals surface area contributed by atoms with Gasteiger partial charge in [0.05, 0.1) is 26.8 Å². The number of rotatable bonds is 9. The van der Waals surface area contributed by atoms with Gasteiger partial charge in [0.15, 0.2) is 11.5 Å². The Balaban J connectivity index is 1.36. The lowest BCUT2D eigenvalue weighted by Crippen LogP contribution is -2.28. The summed E-state index contributed by atoms with van der Waals surface area (Å²) >= 11 is 0. The van der Waals surface area contributed by atoms with Crippen molar-refractivity contribution in [1.29, 1.82) is 0 Å². The molecule has 0 fully saturated rings. The maximum atomic E-state index is 6.15. The molecule has 3 aromatic carbocycles. The summed E-state index contributed by atoms with van der Waals surface area (Å²) in [5.74, 6) is 3.38. The molecule has 0 bridgehead atoms. The first-order valence-electron chi connectivity index (χ1n) is 12.6. The van der Waals surface area contributed by atoms with Gasteiger partial charge in [-0.15, -0.1) is 0 Å². The van der Waals surface area contributed by atoms with Crippen LogP contribution in [0, 0.1) is 6.92 Å². The topological polar surface area (TPSA) is 57.5 Å². The molecule has 1 N–H and O–H groups in total. The average molecular weight is 496 g/mol. The standard InChI is InChI=1S/C31H33N3O3/c1-22-32-15-16-34(22)20-26-17-23(10-12-29(26)35-2)9-11-28-27-19-30(36-3)31(18-25(27)13-14-33-28)37-21-24-7-5-4-6-8-24/h4-12,15-19,28,33H,13-14,20-21H2,1-3H3. The number of hydrogen-bond acceptors (Lipinski definition) is 5. The van der Waals surface area contributed by atoms with Crippen LogP contribution in [-0.2, 0) is 19.6 Å². The number of nitrogens with one attached hydrogen (secondary N) is 1. The van der Waals surface area contributed by atoms with Crippen LogP contribution in [0.5, 0.6) is 17.2 Å². The molecule has 190 valence electrons. The molecule has 0 saturated carbocycles. The molecule has 4 aromatic rings. The van der Waals surface area contributed by atoms with E-state index in [9.17, 15) is 0 Å². The van der Waals surface area contributed by atoms with Crippen molar-refractivity contribution in [1.82, 2.24) is 14.9 Å². The Morgan fingerprint density at radius 2 is 1.84 bits per heavy atom. The van der Waals surface area contributed by atoms with E-state index in [1.165, 1.54) is 11.1 Å². The first-order valence-corrected chi connectivity index (χ1v) is 12.6. The van der Waals surface area contributed by atoms with Gasteiger partial charge in [-0.3, -0.25) is 0 Å². The maximum Gasteiger partial charge on any atom is 0.161 e. The van der Waals surface area contributed by atoms with Crippen LogP contribution in [0.1, 0.15) is 39.7 Å². The van der Waals surface area contributed by atoms with Crippen LogP contribution >= 0.6 is 0 Å². The van der Waals surface area contributed by atoms with Crippen molar-refractivity contribution in [2.75, 3.05) is 20.8 Å². The van der Waals surface area contributed by atoms with Crippen molar-refractivity contribution in [3.63, 3.8) is 0 Å². The largest absolute Gasteiger partial charge is 0.496 e. The Morgan fingerprint density at radius 3 is 2.59 bits per heavy atom. The van der Waals surface area contributed by atoms with E-state index in [0.29, 0.717) is 13.2 Å². The first-order chi connectivity index (χ1) is 18.1. The smallest absolute Gasteiger partial charge is 0.161 e. The van der Waals surface area contributed by atoms with Gasteiger partial charge >= 0.3 is 0 Å². The molecule has 1 aromatic heterocycles. The molecule has 1 unspecified atom stereocenters. The molecular formula is C31H33N3O3. The van der Waals surface area contributed by atoms with E-state index in [1.54, 1.807) is 14.2 Å². The lowest BCUT2D eigenvalue weighted by atomic mass is 9.93. The molecule has 0 amide bonds. The Hall–Kier alpha value is -4.03. The van der Waals surface area contributed by atoms with Crippen molar-refractivity contribution in [3.05, 3.63) is 113 Å². The summed E-state index contributed by atoms with van der Waals surface area (Å²) in [6.07, 6.45) is 9.15. The van der Waals surface area contributed by atoms with Crippen LogP contribution in [0.3, 0.4) is 0 Å². The Labute approximate surface area is 218 Å². The molecule has 6 heteroatoms. The molecule has 37 heavy (non-hydrogen) atoms. The lowest BCUT2D eigenvalue weighted by molar-refractivity contribution is 0.283. The molecule has 0 saturated heterocycles. The zero-order valence-corrected chi connectivity index (χ0v) is 21.6. The molecule has 1 aliphatic rings. The molecule has 0 radical (unpaired) electrons. The zero-order chi connectivity index (χ0) is 25.6. The van der Waals surface area contributed by atoms with Gasteiger partial charge in [-0.05, 0) is 59.9 Å². The normalized spacial score (nSPS) is 14.9. The molecule has 1 atom stereocenters. The minimum atomic E-state index is 0.0854. The number of fused-ring (bicyclic) bond motifs is 1. The average Bonchev–Trinajstić information content (AvgIpc) is 3.34. The molecule has 1 aliphatic heterocycles. The number of nitrogens with zero attached hydrogens (tertiary/aromatic N) is 2. The van der Waals surface area contributed by atoms with Crippen molar-refractivity contribution in [2.45, 2.75) is 32.5 Å². The van der Waals surface area contributed by atoms with Crippen molar-refractivity contribution in [3.8, 4) is 17.2 Å². The zero-order valence-electron chi connectivity index (χ0n) is 21.6. The number of hydrogen-bond donors (Lipinski definition) is 1. The molecule has 0 aliphatic carbocycles. The first kappa shape index (κ1) is 24.7. The highest BCUT2D eigenvalue weighted by Crippen LogP contribution is 2.36. The summed E-state index contributed by atoms with van der Waals surface area (Å²) < 4.78 is 19.6. The third-order valence-corrected chi connectivity index (χ3v) is 6.81. The van der Waals surface area contributed by atoms with E-state index in [-0.39, 0.29) is 6.04 Å². The van der Waals surface area contributed by atoms with Crippen molar-refractivity contribution >= 4 is 6.08 Å². The second-order valence-electron chi connectivity index (χ2n) is 9.19. The van der Waals surface area contributed by atoms with Gasteiger partial charge < -0.3 is 24.1 Å². The molecule has 2 heterocycles. The van der Waals surface area contributed by atoms with Gasteiger partial charge in [0, 0.05) is 24.5 Å². The fourth-order valence-corrected chi connectivity index (χ4v) is 4.76. The highest BCUT2D eigenvalue weighted by molar-refractivity contribution is 5.57. The molecule has 0 spiro atoms. The van der Waals surface area contributed by atoms with Crippen molar-refractivity contribution < 1.29 is 14.2 Å². The number of aryl methyl sites for hydroxylation is 1. The summed E-state index contributed by atoms with van der Waals surface area (Å²) in [5.41, 5.74) is 5.87. The summed E-state index contributed by atoms with van der Waals surface area (Å²) in [4.78, 5) is 4.34. The highest BCUT2D eigenvalue weighted by atomic mass is 16.5. The number of aromatic nitrogens is 2. The SMILES string of the molecule is COc1ccc(C=CC2NCCc3cc(OCc4ccccc4)c(OC)cc32)cc1Cn1ccnc1C. The van der Waals surface area contributed by atoms with E-state index in [0.717, 1.165) is 52.7 Å². The van der Waals surface area contributed by atoms with Crippen molar-refractivity contribution in [2.24, 2.45) is 0 Å². The quantitative estimate of drug-likeness (QED) is 0.321. The van der Waals surface area contributed by atoms with E-state index in [2.05, 4.69) is 63.4 Å². The molecule has 5 rings (SSSR count). The minimum absolute atomic E-state index is 0.0854. The maximum absolute atomic E-state index is 6.15. The van der Waals surface area contributed by atoms with Gasteiger partial charge in [0.1, 0.15) is 18.2 Å². The van der Waals surface area contributed by atoms with E-state index in [4.69, 9.17) is 14.2 Å². The summed E-state index contributed by atoms with van der Waals surface area (Å²) in [7, 11) is 3.41. The predicted octanol–water partition coefficient (Wildman–Crippen LogP) is 5.74. The van der Waals surface area contributed by atoms with Crippen LogP contribution in [0.4, 0.5) is 0 Å². The second-order valence-corrected chi connectivity index (χ2v) is 9.19. The van der Waals surface area contributed by atoms with Crippen LogP contribution < -0.4 is 19.5 Å². The third kappa shape index (κ3) is 5.70. The summed E-state index contributed by atoms with van der Waals surface area (Å²) in [5, 5.41) is 3.63. The number of benzene rings is 3. The van der Waals surface area contributed by atoms with Crippen LogP contribution in [0.2, 0.25) is 0 Å². The van der Waals surface area contributed by atoms with E-state index in [1.807, 2.05) is 43.6 Å². The summed E-state index contributed by atoms with van der Waals surface area (Å²) in [6, 6.07) is 20.8. The predicted molar refractivity (Wildman–Crippen MR) is 146 cm³/mol. The number of imidazole rings is 1. The molecule has 6 nitrogen and oxygen atoms in total. The highest BCUT2D eigenvalue weighted by Gasteiger charge is 2.21.